The monoisotopic (exact) mass is 251 g/mol. The molecule has 2 nitrogen and oxygen atoms in total. The van der Waals surface area contributed by atoms with Gasteiger partial charge in [-0.3, -0.25) is 0 Å². The fourth-order valence-electron chi connectivity index (χ4n) is 2.33. The van der Waals surface area contributed by atoms with Gasteiger partial charge in [0.25, 0.3) is 0 Å². The van der Waals surface area contributed by atoms with E-state index in [4.69, 9.17) is 23.2 Å². The Morgan fingerprint density at radius 3 is 2.93 bits per heavy atom. The van der Waals surface area contributed by atoms with Gasteiger partial charge in [-0.2, -0.15) is 0 Å². The zero-order valence-electron chi connectivity index (χ0n) is 9.10. The molecule has 0 aromatic rings. The first-order chi connectivity index (χ1) is 7.12. The summed E-state index contributed by atoms with van der Waals surface area (Å²) in [4.78, 5) is 0. The fraction of sp³-hybridized carbons (Fsp3) is 0.818. The molecule has 2 N–H and O–H groups in total. The first-order valence-corrected chi connectivity index (χ1v) is 6.24. The van der Waals surface area contributed by atoms with Gasteiger partial charge in [0, 0.05) is 22.7 Å². The van der Waals surface area contributed by atoms with Crippen LogP contribution in [0.15, 0.2) is 10.6 Å². The number of aliphatic hydroxyl groups is 1. The van der Waals surface area contributed by atoms with E-state index in [0.29, 0.717) is 17.5 Å². The van der Waals surface area contributed by atoms with Crippen molar-refractivity contribution < 1.29 is 5.11 Å². The summed E-state index contributed by atoms with van der Waals surface area (Å²) in [6.45, 7) is 2.94. The third-order valence-electron chi connectivity index (χ3n) is 3.14. The maximum Gasteiger partial charge on any atom is 0.0613 e. The molecule has 0 spiro atoms. The molecular formula is C11H19Cl2NO. The Hall–Kier alpha value is 0.240. The molecule has 4 heteroatoms. The van der Waals surface area contributed by atoms with Crippen molar-refractivity contribution in [2.24, 2.45) is 5.92 Å². The molecule has 0 bridgehead atoms. The molecule has 0 heterocycles. The van der Waals surface area contributed by atoms with Gasteiger partial charge in [0.05, 0.1) is 6.61 Å². The van der Waals surface area contributed by atoms with E-state index >= 15 is 0 Å². The highest BCUT2D eigenvalue weighted by atomic mass is 35.5. The normalized spacial score (nSPS) is 33.1. The number of aliphatic hydroxyl groups excluding tert-OH is 1. The number of hydrogen-bond acceptors (Lipinski definition) is 2. The highest BCUT2D eigenvalue weighted by molar-refractivity contribution is 6.36. The number of halogens is 2. The molecule has 88 valence electrons. The molecule has 2 unspecified atom stereocenters. The van der Waals surface area contributed by atoms with Crippen molar-refractivity contribution in [2.45, 2.75) is 38.1 Å². The average Bonchev–Trinajstić information content (AvgIpc) is 2.26. The lowest BCUT2D eigenvalue weighted by molar-refractivity contribution is 0.103. The zero-order valence-corrected chi connectivity index (χ0v) is 10.6. The van der Waals surface area contributed by atoms with Gasteiger partial charge in [-0.05, 0) is 18.8 Å². The molecule has 1 fully saturated rings. The zero-order chi connectivity index (χ0) is 11.3. The Morgan fingerprint density at radius 1 is 1.67 bits per heavy atom. The fourth-order valence-corrected chi connectivity index (χ4v) is 2.47. The van der Waals surface area contributed by atoms with Crippen LogP contribution in [0, 0.1) is 5.92 Å². The average molecular weight is 252 g/mol. The second-order valence-electron chi connectivity index (χ2n) is 4.55. The molecule has 0 amide bonds. The minimum atomic E-state index is -0.155. The van der Waals surface area contributed by atoms with E-state index in [2.05, 4.69) is 12.2 Å². The molecule has 1 aliphatic carbocycles. The van der Waals surface area contributed by atoms with Crippen LogP contribution in [-0.4, -0.2) is 23.8 Å². The summed E-state index contributed by atoms with van der Waals surface area (Å²) in [5, 5.41) is 13.4. The minimum absolute atomic E-state index is 0.155. The third-order valence-corrected chi connectivity index (χ3v) is 3.76. The quantitative estimate of drug-likeness (QED) is 0.806. The van der Waals surface area contributed by atoms with E-state index in [9.17, 15) is 5.11 Å². The summed E-state index contributed by atoms with van der Waals surface area (Å²) in [7, 11) is 0. The van der Waals surface area contributed by atoms with Gasteiger partial charge >= 0.3 is 0 Å². The van der Waals surface area contributed by atoms with Gasteiger partial charge in [0.15, 0.2) is 0 Å². The maximum atomic E-state index is 9.49. The number of nitrogens with one attached hydrogen (secondary N) is 1. The maximum absolute atomic E-state index is 9.49. The van der Waals surface area contributed by atoms with Crippen LogP contribution in [-0.2, 0) is 0 Å². The molecular weight excluding hydrogens is 233 g/mol. The molecule has 1 aliphatic rings. The molecule has 0 aromatic heterocycles. The highest BCUT2D eigenvalue weighted by Crippen LogP contribution is 2.32. The van der Waals surface area contributed by atoms with Gasteiger partial charge in [-0.15, -0.1) is 0 Å². The minimum Gasteiger partial charge on any atom is -0.394 e. The first-order valence-electron chi connectivity index (χ1n) is 5.42. The topological polar surface area (TPSA) is 32.3 Å². The van der Waals surface area contributed by atoms with Gasteiger partial charge < -0.3 is 10.4 Å². The predicted molar refractivity (Wildman–Crippen MR) is 65.2 cm³/mol. The van der Waals surface area contributed by atoms with E-state index < -0.39 is 0 Å². The largest absolute Gasteiger partial charge is 0.394 e. The second kappa shape index (κ2) is 6.09. The highest BCUT2D eigenvalue weighted by Gasteiger charge is 2.33. The first kappa shape index (κ1) is 13.3. The van der Waals surface area contributed by atoms with E-state index in [1.54, 1.807) is 0 Å². The Labute approximate surface area is 102 Å². The number of hydrogen-bond donors (Lipinski definition) is 2. The van der Waals surface area contributed by atoms with E-state index in [-0.39, 0.29) is 12.1 Å². The van der Waals surface area contributed by atoms with Crippen molar-refractivity contribution in [2.75, 3.05) is 13.2 Å². The summed E-state index contributed by atoms with van der Waals surface area (Å²) >= 11 is 11.3. The lowest BCUT2D eigenvalue weighted by Crippen LogP contribution is -2.51. The lowest BCUT2D eigenvalue weighted by atomic mass is 9.77. The van der Waals surface area contributed by atoms with Crippen molar-refractivity contribution in [3.05, 3.63) is 10.6 Å². The van der Waals surface area contributed by atoms with Crippen molar-refractivity contribution in [3.8, 4) is 0 Å². The Kier molecular flexibility index (Phi) is 5.41. The Morgan fingerprint density at radius 2 is 2.40 bits per heavy atom. The van der Waals surface area contributed by atoms with Crippen molar-refractivity contribution in [1.29, 1.82) is 0 Å². The third kappa shape index (κ3) is 3.95. The number of rotatable bonds is 4. The van der Waals surface area contributed by atoms with E-state index in [1.807, 2.05) is 0 Å². The molecule has 0 radical (unpaired) electrons. The van der Waals surface area contributed by atoms with Crippen LogP contribution < -0.4 is 5.32 Å². The van der Waals surface area contributed by atoms with Crippen LogP contribution in [0.2, 0.25) is 0 Å². The summed E-state index contributed by atoms with van der Waals surface area (Å²) in [5.41, 5.74) is 1.21. The Balaban J connectivity index is 2.52. The lowest BCUT2D eigenvalue weighted by Gasteiger charge is -2.39. The molecule has 1 rings (SSSR count). The van der Waals surface area contributed by atoms with Gasteiger partial charge in [0.1, 0.15) is 0 Å². The molecule has 15 heavy (non-hydrogen) atoms. The molecule has 2 atom stereocenters. The van der Waals surface area contributed by atoms with Crippen LogP contribution in [0.4, 0.5) is 0 Å². The summed E-state index contributed by atoms with van der Waals surface area (Å²) in [6, 6.07) is 0. The van der Waals surface area contributed by atoms with Crippen molar-refractivity contribution in [1.82, 2.24) is 5.32 Å². The van der Waals surface area contributed by atoms with Crippen molar-refractivity contribution >= 4 is 23.2 Å². The predicted octanol–water partition coefficient (Wildman–Crippen LogP) is 2.84. The summed E-state index contributed by atoms with van der Waals surface area (Å²) in [6.07, 6.45) is 4.44. The SMILES string of the molecule is CC1CCCC(CO)(NCC(Cl)=CCl)C1. The van der Waals surface area contributed by atoms with E-state index in [1.165, 1.54) is 12.0 Å². The van der Waals surface area contributed by atoms with Crippen LogP contribution in [0.5, 0.6) is 0 Å². The molecule has 0 saturated heterocycles. The van der Waals surface area contributed by atoms with Crippen LogP contribution >= 0.6 is 23.2 Å². The Bertz CT molecular complexity index is 233. The second-order valence-corrected chi connectivity index (χ2v) is 5.25. The molecule has 0 aromatic carbocycles. The smallest absolute Gasteiger partial charge is 0.0613 e. The van der Waals surface area contributed by atoms with Gasteiger partial charge in [-0.1, -0.05) is 43.0 Å². The summed E-state index contributed by atoms with van der Waals surface area (Å²) < 4.78 is 0. The summed E-state index contributed by atoms with van der Waals surface area (Å²) in [5.74, 6) is 0.664. The van der Waals surface area contributed by atoms with Crippen molar-refractivity contribution in [3.63, 3.8) is 0 Å². The van der Waals surface area contributed by atoms with Gasteiger partial charge in [-0.25, -0.2) is 0 Å². The van der Waals surface area contributed by atoms with Crippen LogP contribution in [0.3, 0.4) is 0 Å². The molecule has 0 aliphatic heterocycles. The van der Waals surface area contributed by atoms with Crippen LogP contribution in [0.25, 0.3) is 0 Å². The standard InChI is InChI=1S/C11H19Cl2NO/c1-9-3-2-4-11(5-9,8-15)14-7-10(13)6-12/h6,9,14-15H,2-5,7-8H2,1H3. The van der Waals surface area contributed by atoms with E-state index in [0.717, 1.165) is 19.3 Å². The van der Waals surface area contributed by atoms with Gasteiger partial charge in [0.2, 0.25) is 0 Å². The van der Waals surface area contributed by atoms with Crippen LogP contribution in [0.1, 0.15) is 32.6 Å². The molecule has 1 saturated carbocycles.